The van der Waals surface area contributed by atoms with Crippen molar-refractivity contribution in [1.29, 1.82) is 0 Å². The molecular formula is C26H21N5O3. The van der Waals surface area contributed by atoms with E-state index in [-0.39, 0.29) is 5.91 Å². The molecule has 0 aliphatic carbocycles. The van der Waals surface area contributed by atoms with Crippen LogP contribution in [-0.4, -0.2) is 33.0 Å². The minimum atomic E-state index is -0.166. The van der Waals surface area contributed by atoms with Crippen LogP contribution in [0.4, 0.5) is 5.69 Å². The fourth-order valence-corrected chi connectivity index (χ4v) is 3.53. The number of hydrogen-bond acceptors (Lipinski definition) is 6. The number of nitrogens with one attached hydrogen (secondary N) is 1. The van der Waals surface area contributed by atoms with E-state index in [0.717, 1.165) is 22.7 Å². The maximum atomic E-state index is 12.5. The van der Waals surface area contributed by atoms with Crippen molar-refractivity contribution in [3.8, 4) is 34.3 Å². The zero-order valence-corrected chi connectivity index (χ0v) is 18.6. The van der Waals surface area contributed by atoms with Crippen LogP contribution in [0.15, 0.2) is 89.3 Å². The van der Waals surface area contributed by atoms with Crippen molar-refractivity contribution in [3.05, 3.63) is 96.4 Å². The highest BCUT2D eigenvalue weighted by Crippen LogP contribution is 2.30. The lowest BCUT2D eigenvalue weighted by Crippen LogP contribution is -2.11. The highest BCUT2D eigenvalue weighted by molar-refractivity contribution is 6.04. The lowest BCUT2D eigenvalue weighted by molar-refractivity contribution is 0.102. The van der Waals surface area contributed by atoms with Gasteiger partial charge < -0.3 is 14.5 Å². The molecule has 0 unspecified atom stereocenters. The number of amides is 1. The SMILES string of the molecule is COc1ccc(-c2cc(-c3nnc(C)o3)nn2-c2ccc(NC(=O)c3ccccc3)cc2)cc1. The minimum Gasteiger partial charge on any atom is -0.497 e. The van der Waals surface area contributed by atoms with Crippen molar-refractivity contribution in [3.63, 3.8) is 0 Å². The number of rotatable bonds is 6. The second kappa shape index (κ2) is 9.03. The molecular weight excluding hydrogens is 430 g/mol. The molecule has 0 radical (unpaired) electrons. The van der Waals surface area contributed by atoms with Gasteiger partial charge in [0, 0.05) is 23.7 Å². The van der Waals surface area contributed by atoms with Crippen LogP contribution in [0, 0.1) is 6.92 Å². The molecule has 0 spiro atoms. The molecule has 168 valence electrons. The molecule has 0 aliphatic rings. The fraction of sp³-hybridized carbons (Fsp3) is 0.0769. The van der Waals surface area contributed by atoms with E-state index in [0.29, 0.717) is 28.7 Å². The first-order valence-corrected chi connectivity index (χ1v) is 10.6. The first kappa shape index (κ1) is 21.1. The predicted molar refractivity (Wildman–Crippen MR) is 128 cm³/mol. The van der Waals surface area contributed by atoms with Crippen LogP contribution in [0.3, 0.4) is 0 Å². The zero-order valence-electron chi connectivity index (χ0n) is 18.6. The van der Waals surface area contributed by atoms with Crippen molar-refractivity contribution in [2.45, 2.75) is 6.92 Å². The number of aryl methyl sites for hydroxylation is 1. The van der Waals surface area contributed by atoms with Crippen LogP contribution >= 0.6 is 0 Å². The van der Waals surface area contributed by atoms with Gasteiger partial charge in [-0.3, -0.25) is 4.79 Å². The molecule has 3 aromatic carbocycles. The van der Waals surface area contributed by atoms with Gasteiger partial charge in [-0.05, 0) is 66.7 Å². The van der Waals surface area contributed by atoms with Crippen molar-refractivity contribution in [1.82, 2.24) is 20.0 Å². The molecule has 0 bridgehead atoms. The van der Waals surface area contributed by atoms with Crippen LogP contribution in [-0.2, 0) is 0 Å². The van der Waals surface area contributed by atoms with Gasteiger partial charge in [-0.2, -0.15) is 5.10 Å². The number of carbonyl (C=O) groups excluding carboxylic acids is 1. The third-order valence-electron chi connectivity index (χ3n) is 5.25. The number of methoxy groups -OCH3 is 1. The van der Waals surface area contributed by atoms with Gasteiger partial charge in [-0.1, -0.05) is 18.2 Å². The number of hydrogen-bond donors (Lipinski definition) is 1. The first-order valence-electron chi connectivity index (χ1n) is 10.6. The molecule has 0 aliphatic heterocycles. The second-order valence-corrected chi connectivity index (χ2v) is 7.55. The molecule has 1 N–H and O–H groups in total. The van der Waals surface area contributed by atoms with E-state index in [4.69, 9.17) is 14.3 Å². The Hall–Kier alpha value is -4.72. The van der Waals surface area contributed by atoms with Gasteiger partial charge in [-0.25, -0.2) is 4.68 Å². The molecule has 5 rings (SSSR count). The smallest absolute Gasteiger partial charge is 0.268 e. The summed E-state index contributed by atoms with van der Waals surface area (Å²) in [5.74, 6) is 1.41. The van der Waals surface area contributed by atoms with E-state index in [1.54, 1.807) is 30.8 Å². The Labute approximate surface area is 195 Å². The van der Waals surface area contributed by atoms with Gasteiger partial charge >= 0.3 is 0 Å². The maximum Gasteiger partial charge on any atom is 0.268 e. The molecule has 2 aromatic heterocycles. The molecule has 34 heavy (non-hydrogen) atoms. The molecule has 5 aromatic rings. The molecule has 8 nitrogen and oxygen atoms in total. The minimum absolute atomic E-state index is 0.166. The largest absolute Gasteiger partial charge is 0.497 e. The third-order valence-corrected chi connectivity index (χ3v) is 5.25. The van der Waals surface area contributed by atoms with Gasteiger partial charge in [0.1, 0.15) is 5.75 Å². The quantitative estimate of drug-likeness (QED) is 0.383. The standard InChI is InChI=1S/C26H21N5O3/c1-17-28-29-26(34-17)23-16-24(18-8-14-22(33-2)15-9-18)31(30-23)21-12-10-20(11-13-21)27-25(32)19-6-4-3-5-7-19/h3-16H,1-2H3,(H,27,32). The van der Waals surface area contributed by atoms with E-state index < -0.39 is 0 Å². The van der Waals surface area contributed by atoms with Crippen LogP contribution in [0.2, 0.25) is 0 Å². The van der Waals surface area contributed by atoms with Crippen LogP contribution in [0.5, 0.6) is 5.75 Å². The Kier molecular flexibility index (Phi) is 5.61. The van der Waals surface area contributed by atoms with Crippen LogP contribution in [0.1, 0.15) is 16.2 Å². The fourth-order valence-electron chi connectivity index (χ4n) is 3.53. The lowest BCUT2D eigenvalue weighted by Gasteiger charge is -2.10. The van der Waals surface area contributed by atoms with Crippen LogP contribution < -0.4 is 10.1 Å². The molecule has 0 saturated heterocycles. The highest BCUT2D eigenvalue weighted by Gasteiger charge is 2.17. The average molecular weight is 451 g/mol. The highest BCUT2D eigenvalue weighted by atomic mass is 16.5. The van der Waals surface area contributed by atoms with Gasteiger partial charge in [-0.15, -0.1) is 10.2 Å². The number of anilines is 1. The number of carbonyl (C=O) groups is 1. The van der Waals surface area contributed by atoms with Crippen molar-refractivity contribution in [2.75, 3.05) is 12.4 Å². The summed E-state index contributed by atoms with van der Waals surface area (Å²) in [6, 6.07) is 26.2. The monoisotopic (exact) mass is 451 g/mol. The summed E-state index contributed by atoms with van der Waals surface area (Å²) >= 11 is 0. The molecule has 2 heterocycles. The maximum absolute atomic E-state index is 12.5. The van der Waals surface area contributed by atoms with Gasteiger partial charge in [0.15, 0.2) is 5.69 Å². The Balaban J connectivity index is 1.49. The lowest BCUT2D eigenvalue weighted by atomic mass is 10.1. The summed E-state index contributed by atoms with van der Waals surface area (Å²) in [5, 5.41) is 15.6. The summed E-state index contributed by atoms with van der Waals surface area (Å²) in [6.45, 7) is 1.74. The van der Waals surface area contributed by atoms with Gasteiger partial charge in [0.25, 0.3) is 11.8 Å². The number of ether oxygens (including phenoxy) is 1. The number of benzene rings is 3. The summed E-state index contributed by atoms with van der Waals surface area (Å²) in [5.41, 5.74) is 4.44. The Morgan fingerprint density at radius 1 is 0.941 bits per heavy atom. The number of nitrogens with zero attached hydrogens (tertiary/aromatic N) is 4. The third kappa shape index (κ3) is 4.29. The van der Waals surface area contributed by atoms with Gasteiger partial charge in [0.2, 0.25) is 5.89 Å². The molecule has 1 amide bonds. The van der Waals surface area contributed by atoms with E-state index >= 15 is 0 Å². The van der Waals surface area contributed by atoms with E-state index in [2.05, 4.69) is 15.5 Å². The van der Waals surface area contributed by atoms with E-state index in [9.17, 15) is 4.79 Å². The molecule has 8 heteroatoms. The molecule has 0 fully saturated rings. The summed E-state index contributed by atoms with van der Waals surface area (Å²) in [7, 11) is 1.63. The summed E-state index contributed by atoms with van der Waals surface area (Å²) < 4.78 is 12.7. The number of aromatic nitrogens is 4. The van der Waals surface area contributed by atoms with E-state index in [1.165, 1.54) is 0 Å². The average Bonchev–Trinajstić information content (AvgIpc) is 3.52. The topological polar surface area (TPSA) is 95.1 Å². The van der Waals surface area contributed by atoms with Crippen molar-refractivity contribution >= 4 is 11.6 Å². The molecule has 0 saturated carbocycles. The Morgan fingerprint density at radius 3 is 2.32 bits per heavy atom. The van der Waals surface area contributed by atoms with Crippen LogP contribution in [0.25, 0.3) is 28.5 Å². The zero-order chi connectivity index (χ0) is 23.5. The van der Waals surface area contributed by atoms with E-state index in [1.807, 2.05) is 72.8 Å². The van der Waals surface area contributed by atoms with Crippen molar-refractivity contribution < 1.29 is 13.9 Å². The Bertz CT molecular complexity index is 1420. The first-order chi connectivity index (χ1) is 16.6. The second-order valence-electron chi connectivity index (χ2n) is 7.55. The molecule has 0 atom stereocenters. The summed E-state index contributed by atoms with van der Waals surface area (Å²) in [4.78, 5) is 12.5. The Morgan fingerprint density at radius 2 is 1.68 bits per heavy atom. The predicted octanol–water partition coefficient (Wildman–Crippen LogP) is 5.16. The normalized spacial score (nSPS) is 10.8. The summed E-state index contributed by atoms with van der Waals surface area (Å²) in [6.07, 6.45) is 0. The van der Waals surface area contributed by atoms with Crippen molar-refractivity contribution in [2.24, 2.45) is 0 Å². The van der Waals surface area contributed by atoms with Gasteiger partial charge in [0.05, 0.1) is 18.5 Å².